The molecule has 0 saturated carbocycles. The van der Waals surface area contributed by atoms with Gasteiger partial charge in [-0.3, -0.25) is 4.79 Å². The summed E-state index contributed by atoms with van der Waals surface area (Å²) in [5.41, 5.74) is 6.35. The topological polar surface area (TPSA) is 46.3 Å². The molecule has 1 aromatic carbocycles. The van der Waals surface area contributed by atoms with E-state index in [0.29, 0.717) is 11.4 Å². The minimum Gasteiger partial charge on any atom is -0.368 e. The molecule has 15 heavy (non-hydrogen) atoms. The van der Waals surface area contributed by atoms with Crippen LogP contribution in [0.25, 0.3) is 0 Å². The zero-order chi connectivity index (χ0) is 11.0. The van der Waals surface area contributed by atoms with Gasteiger partial charge in [0.05, 0.1) is 0 Å². The van der Waals surface area contributed by atoms with Crippen LogP contribution in [0.5, 0.6) is 0 Å². The number of carbonyl (C=O) groups is 1. The van der Waals surface area contributed by atoms with Gasteiger partial charge >= 0.3 is 0 Å². The average molecular weight is 243 g/mol. The third kappa shape index (κ3) is 1.97. The zero-order valence-electron chi connectivity index (χ0n) is 8.24. The van der Waals surface area contributed by atoms with Crippen molar-refractivity contribution in [2.24, 2.45) is 5.73 Å². The Hall–Kier alpha value is -0.710. The molecule has 1 aromatic rings. The van der Waals surface area contributed by atoms with Gasteiger partial charge in [-0.1, -0.05) is 17.7 Å². The molecule has 0 aromatic heterocycles. The van der Waals surface area contributed by atoms with E-state index in [0.717, 1.165) is 10.5 Å². The van der Waals surface area contributed by atoms with Gasteiger partial charge in [-0.05, 0) is 36.7 Å². The predicted molar refractivity (Wildman–Crippen MR) is 61.8 cm³/mol. The SMILES string of the molecule is CN1Sc2cccc(Cl)c2CC1C(N)=O. The fourth-order valence-corrected chi connectivity index (χ4v) is 3.01. The van der Waals surface area contributed by atoms with Gasteiger partial charge in [-0.2, -0.15) is 0 Å². The molecule has 1 unspecified atom stereocenters. The number of likely N-dealkylation sites (N-methyl/N-ethyl adjacent to an activating group) is 1. The van der Waals surface area contributed by atoms with Gasteiger partial charge in [0.25, 0.3) is 0 Å². The zero-order valence-corrected chi connectivity index (χ0v) is 9.81. The first-order valence-corrected chi connectivity index (χ1v) is 5.72. The summed E-state index contributed by atoms with van der Waals surface area (Å²) in [5, 5.41) is 0.708. The first-order valence-electron chi connectivity index (χ1n) is 4.57. The molecule has 2 N–H and O–H groups in total. The summed E-state index contributed by atoms with van der Waals surface area (Å²) < 4.78 is 1.88. The second kappa shape index (κ2) is 4.04. The highest BCUT2D eigenvalue weighted by Crippen LogP contribution is 2.37. The summed E-state index contributed by atoms with van der Waals surface area (Å²) in [7, 11) is 1.87. The van der Waals surface area contributed by atoms with Crippen LogP contribution >= 0.6 is 23.5 Å². The van der Waals surface area contributed by atoms with E-state index in [1.807, 2.05) is 29.6 Å². The van der Waals surface area contributed by atoms with Gasteiger partial charge in [-0.25, -0.2) is 4.31 Å². The molecule has 1 atom stereocenters. The molecule has 3 nitrogen and oxygen atoms in total. The van der Waals surface area contributed by atoms with Gasteiger partial charge in [0.2, 0.25) is 5.91 Å². The van der Waals surface area contributed by atoms with Gasteiger partial charge in [0.1, 0.15) is 6.04 Å². The number of nitrogens with two attached hydrogens (primary N) is 1. The minimum atomic E-state index is -0.310. The Bertz CT molecular complexity index is 410. The Balaban J connectivity index is 2.39. The van der Waals surface area contributed by atoms with Crippen molar-refractivity contribution >= 4 is 29.5 Å². The van der Waals surface area contributed by atoms with Crippen molar-refractivity contribution in [1.82, 2.24) is 4.31 Å². The van der Waals surface area contributed by atoms with Crippen molar-refractivity contribution < 1.29 is 4.79 Å². The lowest BCUT2D eigenvalue weighted by Gasteiger charge is -2.30. The van der Waals surface area contributed by atoms with Crippen molar-refractivity contribution in [3.63, 3.8) is 0 Å². The van der Waals surface area contributed by atoms with E-state index < -0.39 is 0 Å². The van der Waals surface area contributed by atoms with Gasteiger partial charge in [-0.15, -0.1) is 0 Å². The van der Waals surface area contributed by atoms with E-state index in [4.69, 9.17) is 17.3 Å². The molecule has 1 heterocycles. The Kier molecular flexibility index (Phi) is 2.91. The molecule has 0 fully saturated rings. The predicted octanol–water partition coefficient (Wildman–Crippen LogP) is 1.69. The smallest absolute Gasteiger partial charge is 0.236 e. The first kappa shape index (κ1) is 10.8. The molecule has 2 rings (SSSR count). The van der Waals surface area contributed by atoms with Crippen LogP contribution in [0.15, 0.2) is 23.1 Å². The second-order valence-corrected chi connectivity index (χ2v) is 5.08. The Morgan fingerprint density at radius 2 is 2.40 bits per heavy atom. The van der Waals surface area contributed by atoms with Crippen LogP contribution in [-0.4, -0.2) is 23.3 Å². The first-order chi connectivity index (χ1) is 7.09. The van der Waals surface area contributed by atoms with Crippen LogP contribution < -0.4 is 5.73 Å². The number of primary amides is 1. The summed E-state index contributed by atoms with van der Waals surface area (Å²) in [4.78, 5) is 12.3. The monoisotopic (exact) mass is 242 g/mol. The highest BCUT2D eigenvalue weighted by atomic mass is 35.5. The van der Waals surface area contributed by atoms with Crippen LogP contribution in [0.2, 0.25) is 5.02 Å². The van der Waals surface area contributed by atoms with Crippen molar-refractivity contribution in [2.45, 2.75) is 17.4 Å². The van der Waals surface area contributed by atoms with Crippen LogP contribution in [0.3, 0.4) is 0 Å². The number of hydrogen-bond acceptors (Lipinski definition) is 3. The molecule has 1 amide bonds. The van der Waals surface area contributed by atoms with E-state index in [1.54, 1.807) is 0 Å². The summed E-state index contributed by atoms with van der Waals surface area (Å²) in [6.07, 6.45) is 0.591. The van der Waals surface area contributed by atoms with E-state index in [9.17, 15) is 4.79 Å². The fraction of sp³-hybridized carbons (Fsp3) is 0.300. The molecule has 1 aliphatic heterocycles. The molecule has 0 bridgehead atoms. The molecule has 1 aliphatic rings. The number of benzene rings is 1. The molecule has 0 saturated heterocycles. The summed E-state index contributed by atoms with van der Waals surface area (Å²) in [6.45, 7) is 0. The summed E-state index contributed by atoms with van der Waals surface area (Å²) >= 11 is 7.59. The summed E-state index contributed by atoms with van der Waals surface area (Å²) in [5.74, 6) is -0.310. The number of fused-ring (bicyclic) bond motifs is 1. The highest BCUT2D eigenvalue weighted by Gasteiger charge is 2.29. The molecule has 0 aliphatic carbocycles. The standard InChI is InChI=1S/C10H11ClN2OS/c1-13-8(10(12)14)5-6-7(11)3-2-4-9(6)15-13/h2-4,8H,5H2,1H3,(H2,12,14). The van der Waals surface area contributed by atoms with Crippen LogP contribution in [0, 0.1) is 0 Å². The molecular formula is C10H11ClN2OS. The lowest BCUT2D eigenvalue weighted by atomic mass is 10.1. The van der Waals surface area contributed by atoms with Crippen LogP contribution in [-0.2, 0) is 11.2 Å². The van der Waals surface area contributed by atoms with Crippen molar-refractivity contribution in [3.8, 4) is 0 Å². The maximum atomic E-state index is 11.2. The van der Waals surface area contributed by atoms with Gasteiger partial charge in [0, 0.05) is 16.3 Å². The maximum absolute atomic E-state index is 11.2. The van der Waals surface area contributed by atoms with Crippen molar-refractivity contribution in [3.05, 3.63) is 28.8 Å². The minimum absolute atomic E-state index is 0.276. The number of carbonyl (C=O) groups excluding carboxylic acids is 1. The quantitative estimate of drug-likeness (QED) is 0.763. The van der Waals surface area contributed by atoms with Gasteiger partial charge < -0.3 is 5.73 Å². The fourth-order valence-electron chi connectivity index (χ4n) is 1.64. The number of hydrogen-bond donors (Lipinski definition) is 1. The van der Waals surface area contributed by atoms with Crippen molar-refractivity contribution in [1.29, 1.82) is 0 Å². The van der Waals surface area contributed by atoms with Gasteiger partial charge in [0.15, 0.2) is 0 Å². The van der Waals surface area contributed by atoms with E-state index in [1.165, 1.54) is 11.9 Å². The molecule has 5 heteroatoms. The van der Waals surface area contributed by atoms with Crippen LogP contribution in [0.4, 0.5) is 0 Å². The van der Waals surface area contributed by atoms with E-state index in [-0.39, 0.29) is 11.9 Å². The average Bonchev–Trinajstić information content (AvgIpc) is 2.16. The number of amides is 1. The normalized spacial score (nSPS) is 21.1. The Morgan fingerprint density at radius 1 is 1.67 bits per heavy atom. The third-order valence-electron chi connectivity index (χ3n) is 2.48. The Labute approximate surface area is 97.7 Å². The second-order valence-electron chi connectivity index (χ2n) is 3.48. The molecule has 80 valence electrons. The largest absolute Gasteiger partial charge is 0.368 e. The number of halogens is 1. The molecule has 0 radical (unpaired) electrons. The number of nitrogens with zero attached hydrogens (tertiary/aromatic N) is 1. The Morgan fingerprint density at radius 3 is 3.07 bits per heavy atom. The van der Waals surface area contributed by atoms with Crippen molar-refractivity contribution in [2.75, 3.05) is 7.05 Å². The van der Waals surface area contributed by atoms with Crippen LogP contribution in [0.1, 0.15) is 5.56 Å². The number of rotatable bonds is 1. The lowest BCUT2D eigenvalue weighted by Crippen LogP contribution is -2.42. The highest BCUT2D eigenvalue weighted by molar-refractivity contribution is 7.97. The van der Waals surface area contributed by atoms with E-state index in [2.05, 4.69) is 0 Å². The lowest BCUT2D eigenvalue weighted by molar-refractivity contribution is -0.121. The van der Waals surface area contributed by atoms with E-state index >= 15 is 0 Å². The molecule has 0 spiro atoms. The third-order valence-corrected chi connectivity index (χ3v) is 3.96. The maximum Gasteiger partial charge on any atom is 0.236 e. The molecular weight excluding hydrogens is 232 g/mol. The summed E-state index contributed by atoms with van der Waals surface area (Å²) in [6, 6.07) is 5.47.